The molecule has 0 aliphatic carbocycles. The molecule has 0 spiro atoms. The Labute approximate surface area is 163 Å². The van der Waals surface area contributed by atoms with Crippen LogP contribution in [0.15, 0.2) is 29.1 Å². The standard InChI is InChI=1S/C21H26N4OS/c1-5-25-17-8-6-14(18-9-7-15(27-18)10-11-24(3)4)12-16(17)20-19(21(25)26)13(2)22-23-20/h6,8-9,12,15H,5,7,10-11H2,1-4H3,(H,22,23). The second-order valence-electron chi connectivity index (χ2n) is 7.49. The van der Waals surface area contributed by atoms with Gasteiger partial charge in [-0.25, -0.2) is 0 Å². The molecule has 3 aromatic rings. The van der Waals surface area contributed by atoms with E-state index in [1.165, 1.54) is 16.9 Å². The molecule has 1 aliphatic heterocycles. The lowest BCUT2D eigenvalue weighted by molar-refractivity contribution is 0.398. The van der Waals surface area contributed by atoms with Crippen LogP contribution in [-0.4, -0.2) is 45.6 Å². The van der Waals surface area contributed by atoms with Gasteiger partial charge in [-0.3, -0.25) is 9.89 Å². The molecule has 0 fully saturated rings. The normalized spacial score (nSPS) is 17.4. The molecule has 0 radical (unpaired) electrons. The van der Waals surface area contributed by atoms with Gasteiger partial charge < -0.3 is 9.47 Å². The highest BCUT2D eigenvalue weighted by atomic mass is 32.2. The molecule has 6 heteroatoms. The van der Waals surface area contributed by atoms with Crippen molar-refractivity contribution >= 4 is 38.5 Å². The van der Waals surface area contributed by atoms with Crippen molar-refractivity contribution in [3.05, 3.63) is 45.9 Å². The summed E-state index contributed by atoms with van der Waals surface area (Å²) in [7, 11) is 4.25. The van der Waals surface area contributed by atoms with E-state index in [1.807, 2.05) is 30.2 Å². The van der Waals surface area contributed by atoms with Crippen LogP contribution in [0, 0.1) is 6.92 Å². The molecular weight excluding hydrogens is 356 g/mol. The molecule has 4 rings (SSSR count). The van der Waals surface area contributed by atoms with E-state index in [0.29, 0.717) is 17.2 Å². The third-order valence-corrected chi connectivity index (χ3v) is 6.73. The predicted molar refractivity (Wildman–Crippen MR) is 115 cm³/mol. The molecular formula is C21H26N4OS. The van der Waals surface area contributed by atoms with Gasteiger partial charge in [0, 0.05) is 27.8 Å². The smallest absolute Gasteiger partial charge is 0.262 e. The van der Waals surface area contributed by atoms with Crippen LogP contribution in [0.1, 0.15) is 31.0 Å². The maximum Gasteiger partial charge on any atom is 0.262 e. The van der Waals surface area contributed by atoms with Gasteiger partial charge in [0.25, 0.3) is 5.56 Å². The summed E-state index contributed by atoms with van der Waals surface area (Å²) in [6, 6.07) is 6.43. The van der Waals surface area contributed by atoms with Crippen molar-refractivity contribution in [2.45, 2.75) is 38.5 Å². The fraction of sp³-hybridized carbons (Fsp3) is 0.429. The highest BCUT2D eigenvalue weighted by molar-refractivity contribution is 8.09. The van der Waals surface area contributed by atoms with E-state index in [1.54, 1.807) is 0 Å². The van der Waals surface area contributed by atoms with E-state index in [-0.39, 0.29) is 5.56 Å². The quantitative estimate of drug-likeness (QED) is 0.725. The minimum atomic E-state index is 0.0391. The lowest BCUT2D eigenvalue weighted by atomic mass is 10.1. The Hall–Kier alpha value is -2.05. The minimum absolute atomic E-state index is 0.0391. The molecule has 1 N–H and O–H groups in total. The molecule has 0 bridgehead atoms. The second kappa shape index (κ2) is 7.17. The average Bonchev–Trinajstić information content (AvgIpc) is 3.27. The number of aromatic nitrogens is 3. The lowest BCUT2D eigenvalue weighted by Gasteiger charge is -2.14. The van der Waals surface area contributed by atoms with Gasteiger partial charge in [0.2, 0.25) is 0 Å². The molecule has 0 saturated heterocycles. The first-order valence-corrected chi connectivity index (χ1v) is 10.4. The van der Waals surface area contributed by atoms with Crippen LogP contribution in [0.25, 0.3) is 26.7 Å². The summed E-state index contributed by atoms with van der Waals surface area (Å²) in [5, 5.41) is 9.84. The predicted octanol–water partition coefficient (Wildman–Crippen LogP) is 4.00. The number of aryl methyl sites for hydroxylation is 2. The minimum Gasteiger partial charge on any atom is -0.309 e. The summed E-state index contributed by atoms with van der Waals surface area (Å²) in [6.45, 7) is 5.70. The first-order chi connectivity index (χ1) is 13.0. The molecule has 0 saturated carbocycles. The van der Waals surface area contributed by atoms with Gasteiger partial charge in [-0.2, -0.15) is 5.10 Å². The summed E-state index contributed by atoms with van der Waals surface area (Å²) in [5.41, 5.74) is 3.84. The van der Waals surface area contributed by atoms with Gasteiger partial charge in [-0.05, 0) is 65.0 Å². The largest absolute Gasteiger partial charge is 0.309 e. The number of hydrogen-bond acceptors (Lipinski definition) is 4. The zero-order chi connectivity index (χ0) is 19.1. The molecule has 1 aromatic carbocycles. The number of fused-ring (bicyclic) bond motifs is 3. The summed E-state index contributed by atoms with van der Waals surface area (Å²) in [6.07, 6.45) is 4.68. The number of nitrogens with zero attached hydrogens (tertiary/aromatic N) is 3. The zero-order valence-corrected chi connectivity index (χ0v) is 17.2. The first-order valence-electron chi connectivity index (χ1n) is 9.52. The number of H-pyrrole nitrogens is 1. The monoisotopic (exact) mass is 382 g/mol. The van der Waals surface area contributed by atoms with Crippen molar-refractivity contribution in [3.8, 4) is 0 Å². The van der Waals surface area contributed by atoms with Gasteiger partial charge >= 0.3 is 0 Å². The Morgan fingerprint density at radius 2 is 2.19 bits per heavy atom. The van der Waals surface area contributed by atoms with Crippen LogP contribution in [0.5, 0.6) is 0 Å². The maximum atomic E-state index is 12.8. The number of nitrogens with one attached hydrogen (secondary N) is 1. The zero-order valence-electron chi connectivity index (χ0n) is 16.4. The van der Waals surface area contributed by atoms with Crippen molar-refractivity contribution in [3.63, 3.8) is 0 Å². The Balaban J connectivity index is 1.76. The molecule has 27 heavy (non-hydrogen) atoms. The number of allylic oxidation sites excluding steroid dienone is 1. The molecule has 142 valence electrons. The van der Waals surface area contributed by atoms with E-state index in [0.717, 1.165) is 35.1 Å². The van der Waals surface area contributed by atoms with Gasteiger partial charge in [-0.15, -0.1) is 11.8 Å². The van der Waals surface area contributed by atoms with Crippen molar-refractivity contribution in [2.75, 3.05) is 20.6 Å². The van der Waals surface area contributed by atoms with Crippen LogP contribution >= 0.6 is 11.8 Å². The fourth-order valence-corrected chi connectivity index (χ4v) is 5.07. The van der Waals surface area contributed by atoms with E-state index in [4.69, 9.17) is 0 Å². The Bertz CT molecular complexity index is 1090. The lowest BCUT2D eigenvalue weighted by Crippen LogP contribution is -2.20. The number of thioether (sulfide) groups is 1. The van der Waals surface area contributed by atoms with Crippen molar-refractivity contribution in [1.29, 1.82) is 0 Å². The van der Waals surface area contributed by atoms with Gasteiger partial charge in [0.05, 0.1) is 10.9 Å². The Kier molecular flexibility index (Phi) is 4.86. The van der Waals surface area contributed by atoms with Crippen LogP contribution in [-0.2, 0) is 6.54 Å². The van der Waals surface area contributed by atoms with Gasteiger partial charge in [-0.1, -0.05) is 12.1 Å². The highest BCUT2D eigenvalue weighted by Crippen LogP contribution is 2.41. The third-order valence-electron chi connectivity index (χ3n) is 5.31. The number of pyridine rings is 1. The Morgan fingerprint density at radius 1 is 1.37 bits per heavy atom. The number of aromatic amines is 1. The van der Waals surface area contributed by atoms with Crippen molar-refractivity contribution in [2.24, 2.45) is 0 Å². The maximum absolute atomic E-state index is 12.8. The highest BCUT2D eigenvalue weighted by Gasteiger charge is 2.21. The van der Waals surface area contributed by atoms with Gasteiger partial charge in [0.1, 0.15) is 5.52 Å². The van der Waals surface area contributed by atoms with Crippen LogP contribution in [0.4, 0.5) is 0 Å². The average molecular weight is 383 g/mol. The Morgan fingerprint density at radius 3 is 2.93 bits per heavy atom. The van der Waals surface area contributed by atoms with E-state index < -0.39 is 0 Å². The molecule has 1 unspecified atom stereocenters. The molecule has 1 atom stereocenters. The summed E-state index contributed by atoms with van der Waals surface area (Å²) >= 11 is 1.98. The second-order valence-corrected chi connectivity index (χ2v) is 8.83. The van der Waals surface area contributed by atoms with Crippen LogP contribution < -0.4 is 5.56 Å². The summed E-state index contributed by atoms with van der Waals surface area (Å²) < 4.78 is 1.85. The molecule has 0 amide bonds. The summed E-state index contributed by atoms with van der Waals surface area (Å²) in [4.78, 5) is 16.4. The molecule has 5 nitrogen and oxygen atoms in total. The van der Waals surface area contributed by atoms with Crippen molar-refractivity contribution < 1.29 is 0 Å². The summed E-state index contributed by atoms with van der Waals surface area (Å²) in [5.74, 6) is 0. The van der Waals surface area contributed by atoms with Crippen molar-refractivity contribution in [1.82, 2.24) is 19.7 Å². The van der Waals surface area contributed by atoms with E-state index in [2.05, 4.69) is 53.5 Å². The SMILES string of the molecule is CCn1c(=O)c2c(C)[nH]nc2c2cc(C3=CCC(CCN(C)C)S3)ccc21. The van der Waals surface area contributed by atoms with Crippen LogP contribution in [0.2, 0.25) is 0 Å². The van der Waals surface area contributed by atoms with Gasteiger partial charge in [0.15, 0.2) is 0 Å². The number of benzene rings is 1. The fourth-order valence-electron chi connectivity index (χ4n) is 3.84. The molecule has 2 aromatic heterocycles. The number of hydrogen-bond donors (Lipinski definition) is 1. The van der Waals surface area contributed by atoms with E-state index >= 15 is 0 Å². The number of rotatable bonds is 5. The molecule has 1 aliphatic rings. The van der Waals surface area contributed by atoms with E-state index in [9.17, 15) is 4.79 Å². The topological polar surface area (TPSA) is 53.9 Å². The van der Waals surface area contributed by atoms with Crippen LogP contribution in [0.3, 0.4) is 0 Å². The third kappa shape index (κ3) is 3.21. The first kappa shape index (κ1) is 18.3. The molecule has 3 heterocycles.